The molecule has 0 aromatic carbocycles. The molecular formula is C22H31N9O. The number of hydrogen-bond donors (Lipinski definition) is 3. The highest BCUT2D eigenvalue weighted by Crippen LogP contribution is 2.24. The van der Waals surface area contributed by atoms with Crippen LogP contribution in [-0.4, -0.2) is 30.5 Å². The fourth-order valence-electron chi connectivity index (χ4n) is 3.16. The summed E-state index contributed by atoms with van der Waals surface area (Å²) in [6, 6.07) is 3.55. The topological polar surface area (TPSA) is 133 Å². The standard InChI is InChI=1S/C22H31N9O/c1-13-18(31(24)12-17(23)16-11-26-29(6)14(16)2)8-15(10-25-13)27-21(32)19-9-20(22(3,4)5)28-30(19)7/h8-12H,23-24H2,1-7H3,(H,27,32)/b17-12-. The molecule has 3 rings (SSSR count). The summed E-state index contributed by atoms with van der Waals surface area (Å²) in [6.07, 6.45) is 4.89. The van der Waals surface area contributed by atoms with Crippen molar-refractivity contribution in [1.82, 2.24) is 24.5 Å². The summed E-state index contributed by atoms with van der Waals surface area (Å²) in [5.41, 5.74) is 11.4. The van der Waals surface area contributed by atoms with E-state index in [9.17, 15) is 4.79 Å². The van der Waals surface area contributed by atoms with Gasteiger partial charge in [0.2, 0.25) is 0 Å². The van der Waals surface area contributed by atoms with E-state index in [1.165, 1.54) is 5.01 Å². The molecule has 0 bridgehead atoms. The lowest BCUT2D eigenvalue weighted by Gasteiger charge is -2.18. The zero-order valence-electron chi connectivity index (χ0n) is 19.6. The Morgan fingerprint density at radius 1 is 1.16 bits per heavy atom. The van der Waals surface area contributed by atoms with Gasteiger partial charge in [-0.25, -0.2) is 5.84 Å². The number of carbonyl (C=O) groups excluding carboxylic acids is 1. The maximum absolute atomic E-state index is 12.9. The Morgan fingerprint density at radius 3 is 2.41 bits per heavy atom. The minimum absolute atomic E-state index is 0.159. The van der Waals surface area contributed by atoms with Crippen LogP contribution in [0.1, 0.15) is 53.9 Å². The second kappa shape index (κ2) is 8.46. The quantitative estimate of drug-likeness (QED) is 0.412. The van der Waals surface area contributed by atoms with Crippen molar-refractivity contribution < 1.29 is 4.79 Å². The smallest absolute Gasteiger partial charge is 0.273 e. The first kappa shape index (κ1) is 23.0. The number of nitrogens with zero attached hydrogens (tertiary/aromatic N) is 6. The third kappa shape index (κ3) is 4.65. The minimum atomic E-state index is -0.281. The first-order valence-electron chi connectivity index (χ1n) is 10.2. The fourth-order valence-corrected chi connectivity index (χ4v) is 3.16. The van der Waals surface area contributed by atoms with E-state index in [4.69, 9.17) is 11.6 Å². The van der Waals surface area contributed by atoms with Gasteiger partial charge in [-0.2, -0.15) is 10.2 Å². The molecule has 1 amide bonds. The number of aromatic nitrogens is 5. The van der Waals surface area contributed by atoms with Gasteiger partial charge in [-0.15, -0.1) is 0 Å². The summed E-state index contributed by atoms with van der Waals surface area (Å²) in [4.78, 5) is 17.2. The Bertz CT molecular complexity index is 1180. The van der Waals surface area contributed by atoms with E-state index >= 15 is 0 Å². The number of carbonyl (C=O) groups is 1. The molecule has 0 saturated carbocycles. The van der Waals surface area contributed by atoms with E-state index in [1.807, 2.05) is 20.9 Å². The van der Waals surface area contributed by atoms with Crippen LogP contribution in [0.5, 0.6) is 0 Å². The van der Waals surface area contributed by atoms with Gasteiger partial charge in [0.05, 0.1) is 40.9 Å². The zero-order valence-corrected chi connectivity index (χ0v) is 19.6. The number of anilines is 2. The number of hydrazine groups is 1. The molecule has 0 unspecified atom stereocenters. The third-order valence-electron chi connectivity index (χ3n) is 5.30. The van der Waals surface area contributed by atoms with Gasteiger partial charge in [-0.1, -0.05) is 20.8 Å². The van der Waals surface area contributed by atoms with Crippen LogP contribution < -0.4 is 21.9 Å². The molecule has 3 aromatic rings. The summed E-state index contributed by atoms with van der Waals surface area (Å²) in [6.45, 7) is 9.91. The number of pyridine rings is 1. The lowest BCUT2D eigenvalue weighted by atomic mass is 9.92. The van der Waals surface area contributed by atoms with Crippen LogP contribution in [0, 0.1) is 13.8 Å². The molecule has 170 valence electrons. The molecule has 10 heteroatoms. The summed E-state index contributed by atoms with van der Waals surface area (Å²) in [5.74, 6) is 5.98. The van der Waals surface area contributed by atoms with Crippen LogP contribution in [0.3, 0.4) is 0 Å². The number of amides is 1. The summed E-state index contributed by atoms with van der Waals surface area (Å²) < 4.78 is 3.32. The first-order chi connectivity index (χ1) is 14.9. The van der Waals surface area contributed by atoms with Crippen LogP contribution in [0.4, 0.5) is 11.4 Å². The third-order valence-corrected chi connectivity index (χ3v) is 5.30. The molecule has 0 aliphatic heterocycles. The Balaban J connectivity index is 1.84. The lowest BCUT2D eigenvalue weighted by Crippen LogP contribution is -2.27. The Hall–Kier alpha value is -3.66. The van der Waals surface area contributed by atoms with Crippen molar-refractivity contribution in [2.24, 2.45) is 25.7 Å². The Kier molecular flexibility index (Phi) is 6.09. The number of aryl methyl sites for hydroxylation is 3. The summed E-state index contributed by atoms with van der Waals surface area (Å²) in [7, 11) is 3.60. The Morgan fingerprint density at radius 2 is 1.84 bits per heavy atom. The van der Waals surface area contributed by atoms with Crippen LogP contribution >= 0.6 is 0 Å². The molecular weight excluding hydrogens is 406 g/mol. The van der Waals surface area contributed by atoms with Crippen molar-refractivity contribution in [3.05, 3.63) is 59.1 Å². The zero-order chi connectivity index (χ0) is 23.8. The maximum atomic E-state index is 12.9. The van der Waals surface area contributed by atoms with E-state index in [2.05, 4.69) is 41.3 Å². The van der Waals surface area contributed by atoms with Gasteiger partial charge in [0.25, 0.3) is 5.91 Å². The normalized spacial score (nSPS) is 12.2. The molecule has 5 N–H and O–H groups in total. The van der Waals surface area contributed by atoms with Crippen molar-refractivity contribution in [1.29, 1.82) is 0 Å². The van der Waals surface area contributed by atoms with Crippen molar-refractivity contribution in [3.8, 4) is 0 Å². The van der Waals surface area contributed by atoms with E-state index in [-0.39, 0.29) is 11.3 Å². The number of nitrogens with two attached hydrogens (primary N) is 2. The van der Waals surface area contributed by atoms with E-state index in [0.29, 0.717) is 28.5 Å². The van der Waals surface area contributed by atoms with E-state index in [1.54, 1.807) is 47.1 Å². The summed E-state index contributed by atoms with van der Waals surface area (Å²) >= 11 is 0. The highest BCUT2D eigenvalue weighted by molar-refractivity contribution is 6.03. The van der Waals surface area contributed by atoms with Gasteiger partial charge in [0.1, 0.15) is 5.69 Å². The molecule has 3 heterocycles. The molecule has 0 aliphatic rings. The highest BCUT2D eigenvalue weighted by atomic mass is 16.2. The van der Waals surface area contributed by atoms with Gasteiger partial charge >= 0.3 is 0 Å². The van der Waals surface area contributed by atoms with Crippen LogP contribution in [0.15, 0.2) is 30.7 Å². The van der Waals surface area contributed by atoms with E-state index < -0.39 is 0 Å². The van der Waals surface area contributed by atoms with Crippen molar-refractivity contribution in [3.63, 3.8) is 0 Å². The predicted molar refractivity (Wildman–Crippen MR) is 126 cm³/mol. The maximum Gasteiger partial charge on any atom is 0.273 e. The van der Waals surface area contributed by atoms with Crippen molar-refractivity contribution in [2.45, 2.75) is 40.0 Å². The first-order valence-corrected chi connectivity index (χ1v) is 10.2. The second-order valence-electron chi connectivity index (χ2n) is 8.83. The van der Waals surface area contributed by atoms with Gasteiger partial charge in [-0.05, 0) is 26.0 Å². The Labute approximate surface area is 187 Å². The number of nitrogens with one attached hydrogen (secondary N) is 1. The van der Waals surface area contributed by atoms with Crippen LogP contribution in [-0.2, 0) is 19.5 Å². The number of rotatable bonds is 5. The van der Waals surface area contributed by atoms with E-state index in [0.717, 1.165) is 17.0 Å². The van der Waals surface area contributed by atoms with Gasteiger partial charge in [0, 0.05) is 37.0 Å². The molecule has 0 spiro atoms. The summed E-state index contributed by atoms with van der Waals surface area (Å²) in [5, 5.41) is 12.9. The predicted octanol–water partition coefficient (Wildman–Crippen LogP) is 2.35. The van der Waals surface area contributed by atoms with Crippen molar-refractivity contribution in [2.75, 3.05) is 10.3 Å². The monoisotopic (exact) mass is 437 g/mol. The second-order valence-corrected chi connectivity index (χ2v) is 8.83. The van der Waals surface area contributed by atoms with Crippen molar-refractivity contribution >= 4 is 23.0 Å². The van der Waals surface area contributed by atoms with Gasteiger partial charge in [0.15, 0.2) is 0 Å². The molecule has 0 atom stereocenters. The molecule has 0 radical (unpaired) electrons. The molecule has 3 aromatic heterocycles. The molecule has 0 aliphatic carbocycles. The highest BCUT2D eigenvalue weighted by Gasteiger charge is 2.22. The average Bonchev–Trinajstić information content (AvgIpc) is 3.26. The van der Waals surface area contributed by atoms with Gasteiger partial charge in [-0.3, -0.25) is 24.2 Å². The largest absolute Gasteiger partial charge is 0.397 e. The molecule has 0 saturated heterocycles. The minimum Gasteiger partial charge on any atom is -0.397 e. The number of hydrogen-bond acceptors (Lipinski definition) is 7. The molecule has 0 fully saturated rings. The SMILES string of the molecule is Cc1ncc(NC(=O)c2cc(C(C)(C)C)nn2C)cc1N(N)/C=C(\N)c1cnn(C)c1C. The lowest BCUT2D eigenvalue weighted by molar-refractivity contribution is 0.101. The fraction of sp³-hybridized carbons (Fsp3) is 0.364. The van der Waals surface area contributed by atoms with Gasteiger partial charge < -0.3 is 11.1 Å². The van der Waals surface area contributed by atoms with Crippen LogP contribution in [0.25, 0.3) is 5.70 Å². The average molecular weight is 438 g/mol. The molecule has 10 nitrogen and oxygen atoms in total. The molecule has 32 heavy (non-hydrogen) atoms. The van der Waals surface area contributed by atoms with Crippen LogP contribution in [0.2, 0.25) is 0 Å².